The SMILES string of the molecule is COc1cc(OC)c(-c2oc3ccccc3c(=O)c2O)cc1OC. The fourth-order valence-electron chi connectivity index (χ4n) is 2.52. The highest BCUT2D eigenvalue weighted by Gasteiger charge is 2.21. The number of hydrogen-bond acceptors (Lipinski definition) is 6. The van der Waals surface area contributed by atoms with Crippen molar-refractivity contribution in [1.29, 1.82) is 0 Å². The lowest BCUT2D eigenvalue weighted by Gasteiger charge is -2.14. The molecule has 0 saturated carbocycles. The summed E-state index contributed by atoms with van der Waals surface area (Å²) in [7, 11) is 4.47. The minimum Gasteiger partial charge on any atom is -0.502 e. The van der Waals surface area contributed by atoms with E-state index in [1.165, 1.54) is 21.3 Å². The molecular weight excluding hydrogens is 312 g/mol. The van der Waals surface area contributed by atoms with Gasteiger partial charge in [-0.15, -0.1) is 0 Å². The first-order chi connectivity index (χ1) is 11.6. The first-order valence-electron chi connectivity index (χ1n) is 7.16. The third-order valence-corrected chi connectivity index (χ3v) is 3.72. The van der Waals surface area contributed by atoms with Crippen molar-refractivity contribution in [3.8, 4) is 34.3 Å². The van der Waals surface area contributed by atoms with Crippen molar-refractivity contribution in [3.05, 3.63) is 46.6 Å². The predicted molar refractivity (Wildman–Crippen MR) is 89.2 cm³/mol. The molecule has 0 spiro atoms. The quantitative estimate of drug-likeness (QED) is 0.792. The van der Waals surface area contributed by atoms with Gasteiger partial charge in [0.2, 0.25) is 11.2 Å². The van der Waals surface area contributed by atoms with E-state index in [9.17, 15) is 9.90 Å². The van der Waals surface area contributed by atoms with Crippen LogP contribution < -0.4 is 19.6 Å². The number of benzene rings is 2. The third kappa shape index (κ3) is 2.42. The van der Waals surface area contributed by atoms with Gasteiger partial charge in [0.15, 0.2) is 17.3 Å². The Bertz CT molecular complexity index is 958. The maximum absolute atomic E-state index is 12.4. The molecule has 124 valence electrons. The van der Waals surface area contributed by atoms with Crippen molar-refractivity contribution in [3.63, 3.8) is 0 Å². The van der Waals surface area contributed by atoms with Gasteiger partial charge in [0, 0.05) is 6.07 Å². The van der Waals surface area contributed by atoms with Crippen LogP contribution >= 0.6 is 0 Å². The van der Waals surface area contributed by atoms with Crippen LogP contribution in [0.1, 0.15) is 0 Å². The number of ether oxygens (including phenoxy) is 3. The Hall–Kier alpha value is -3.15. The lowest BCUT2D eigenvalue weighted by Crippen LogP contribution is -2.03. The number of methoxy groups -OCH3 is 3. The molecule has 3 rings (SSSR count). The second-order valence-electron chi connectivity index (χ2n) is 5.01. The summed E-state index contributed by atoms with van der Waals surface area (Å²) in [5.41, 5.74) is 0.242. The summed E-state index contributed by atoms with van der Waals surface area (Å²) in [6.07, 6.45) is 0. The van der Waals surface area contributed by atoms with E-state index in [1.54, 1.807) is 36.4 Å². The Kier molecular flexibility index (Phi) is 4.04. The molecule has 1 heterocycles. The Labute approximate surface area is 137 Å². The Morgan fingerprint density at radius 2 is 1.54 bits per heavy atom. The van der Waals surface area contributed by atoms with Crippen LogP contribution in [0, 0.1) is 0 Å². The van der Waals surface area contributed by atoms with Crippen molar-refractivity contribution in [2.24, 2.45) is 0 Å². The van der Waals surface area contributed by atoms with Crippen molar-refractivity contribution in [2.45, 2.75) is 0 Å². The van der Waals surface area contributed by atoms with Gasteiger partial charge in [-0.25, -0.2) is 0 Å². The first kappa shape index (κ1) is 15.7. The van der Waals surface area contributed by atoms with E-state index in [2.05, 4.69) is 0 Å². The predicted octanol–water partition coefficient (Wildman–Crippen LogP) is 3.19. The Morgan fingerprint density at radius 1 is 0.917 bits per heavy atom. The molecule has 1 aromatic heterocycles. The van der Waals surface area contributed by atoms with Gasteiger partial charge in [-0.3, -0.25) is 4.79 Å². The minimum absolute atomic E-state index is 0.0107. The van der Waals surface area contributed by atoms with Crippen LogP contribution in [0.25, 0.3) is 22.3 Å². The Balaban J connectivity index is 2.35. The number of hydrogen-bond donors (Lipinski definition) is 1. The van der Waals surface area contributed by atoms with E-state index in [0.29, 0.717) is 33.8 Å². The number of fused-ring (bicyclic) bond motifs is 1. The molecule has 3 aromatic rings. The van der Waals surface area contributed by atoms with Gasteiger partial charge in [-0.2, -0.15) is 0 Å². The van der Waals surface area contributed by atoms with Crippen LogP contribution in [0.5, 0.6) is 23.0 Å². The fourth-order valence-corrected chi connectivity index (χ4v) is 2.52. The topological polar surface area (TPSA) is 78.1 Å². The zero-order valence-corrected chi connectivity index (χ0v) is 13.5. The number of rotatable bonds is 4. The van der Waals surface area contributed by atoms with Gasteiger partial charge in [-0.1, -0.05) is 12.1 Å². The van der Waals surface area contributed by atoms with Crippen molar-refractivity contribution in [1.82, 2.24) is 0 Å². The molecule has 0 radical (unpaired) electrons. The molecule has 2 aromatic carbocycles. The van der Waals surface area contributed by atoms with E-state index >= 15 is 0 Å². The highest BCUT2D eigenvalue weighted by Crippen LogP contribution is 2.42. The summed E-state index contributed by atoms with van der Waals surface area (Å²) in [6.45, 7) is 0. The highest BCUT2D eigenvalue weighted by atomic mass is 16.5. The van der Waals surface area contributed by atoms with Crippen LogP contribution in [0.4, 0.5) is 0 Å². The normalized spacial score (nSPS) is 10.6. The van der Waals surface area contributed by atoms with Crippen LogP contribution in [-0.4, -0.2) is 26.4 Å². The second kappa shape index (κ2) is 6.16. The second-order valence-corrected chi connectivity index (χ2v) is 5.01. The molecule has 0 atom stereocenters. The monoisotopic (exact) mass is 328 g/mol. The zero-order valence-electron chi connectivity index (χ0n) is 13.5. The van der Waals surface area contributed by atoms with E-state index in [0.717, 1.165) is 0 Å². The molecule has 6 nitrogen and oxygen atoms in total. The van der Waals surface area contributed by atoms with Crippen molar-refractivity contribution < 1.29 is 23.7 Å². The average Bonchev–Trinajstić information content (AvgIpc) is 2.63. The largest absolute Gasteiger partial charge is 0.502 e. The van der Waals surface area contributed by atoms with Crippen LogP contribution in [0.3, 0.4) is 0 Å². The van der Waals surface area contributed by atoms with Crippen molar-refractivity contribution >= 4 is 11.0 Å². The molecule has 0 amide bonds. The van der Waals surface area contributed by atoms with E-state index in [1.807, 2.05) is 0 Å². The van der Waals surface area contributed by atoms with Gasteiger partial charge in [0.25, 0.3) is 0 Å². The summed E-state index contributed by atoms with van der Waals surface area (Å²) < 4.78 is 21.6. The molecule has 1 N–H and O–H groups in total. The molecule has 0 aliphatic rings. The minimum atomic E-state index is -0.510. The molecule has 24 heavy (non-hydrogen) atoms. The van der Waals surface area contributed by atoms with Gasteiger partial charge < -0.3 is 23.7 Å². The smallest absolute Gasteiger partial charge is 0.235 e. The van der Waals surface area contributed by atoms with Crippen molar-refractivity contribution in [2.75, 3.05) is 21.3 Å². The van der Waals surface area contributed by atoms with Gasteiger partial charge in [0.1, 0.15) is 11.3 Å². The zero-order chi connectivity index (χ0) is 17.3. The lowest BCUT2D eigenvalue weighted by molar-refractivity contribution is 0.349. The Morgan fingerprint density at radius 3 is 2.21 bits per heavy atom. The fraction of sp³-hybridized carbons (Fsp3) is 0.167. The lowest BCUT2D eigenvalue weighted by atomic mass is 10.1. The maximum atomic E-state index is 12.4. The summed E-state index contributed by atoms with van der Waals surface area (Å²) in [5.74, 6) is 0.779. The molecule has 0 fully saturated rings. The van der Waals surface area contributed by atoms with Crippen LogP contribution in [0.15, 0.2) is 45.6 Å². The van der Waals surface area contributed by atoms with E-state index in [-0.39, 0.29) is 5.76 Å². The maximum Gasteiger partial charge on any atom is 0.235 e. The van der Waals surface area contributed by atoms with E-state index < -0.39 is 11.2 Å². The molecule has 0 saturated heterocycles. The van der Waals surface area contributed by atoms with Gasteiger partial charge in [-0.05, 0) is 18.2 Å². The summed E-state index contributed by atoms with van der Waals surface area (Å²) >= 11 is 0. The molecule has 0 unspecified atom stereocenters. The number of aromatic hydroxyl groups is 1. The third-order valence-electron chi connectivity index (χ3n) is 3.72. The molecular formula is C18H16O6. The standard InChI is InChI=1S/C18H16O6/c1-21-13-9-15(23-3)14(22-2)8-11(13)18-17(20)16(19)10-6-4-5-7-12(10)24-18/h4-9,20H,1-3H3. The van der Waals surface area contributed by atoms with Crippen LogP contribution in [-0.2, 0) is 0 Å². The molecule has 6 heteroatoms. The molecule has 0 aliphatic heterocycles. The number of para-hydroxylation sites is 1. The van der Waals surface area contributed by atoms with Gasteiger partial charge >= 0.3 is 0 Å². The summed E-state index contributed by atoms with van der Waals surface area (Å²) in [6, 6.07) is 9.89. The summed E-state index contributed by atoms with van der Waals surface area (Å²) in [4.78, 5) is 12.4. The first-order valence-corrected chi connectivity index (χ1v) is 7.16. The van der Waals surface area contributed by atoms with Gasteiger partial charge in [0.05, 0.1) is 32.3 Å². The highest BCUT2D eigenvalue weighted by molar-refractivity contribution is 5.83. The van der Waals surface area contributed by atoms with Crippen LogP contribution in [0.2, 0.25) is 0 Å². The molecule has 0 bridgehead atoms. The molecule has 0 aliphatic carbocycles. The summed E-state index contributed by atoms with van der Waals surface area (Å²) in [5, 5.41) is 10.6. The average molecular weight is 328 g/mol. The van der Waals surface area contributed by atoms with E-state index in [4.69, 9.17) is 18.6 Å².